The molecule has 1 aliphatic carbocycles. The summed E-state index contributed by atoms with van der Waals surface area (Å²) in [5.74, 6) is 1.06. The van der Waals surface area contributed by atoms with Crippen molar-refractivity contribution in [3.63, 3.8) is 0 Å². The van der Waals surface area contributed by atoms with Crippen LogP contribution in [0.2, 0.25) is 0 Å². The summed E-state index contributed by atoms with van der Waals surface area (Å²) in [7, 11) is 0. The number of hydrogen-bond donors (Lipinski definition) is 2. The van der Waals surface area contributed by atoms with Gasteiger partial charge in [0.15, 0.2) is 0 Å². The van der Waals surface area contributed by atoms with E-state index in [1.807, 2.05) is 0 Å². The normalized spacial score (nSPS) is 19.4. The number of carbonyl (C=O) groups is 1. The number of hydrogen-bond acceptors (Lipinski definition) is 2. The molecule has 0 radical (unpaired) electrons. The molecular formula is C17H24N2O. The molecule has 1 atom stereocenters. The monoisotopic (exact) mass is 272 g/mol. The van der Waals surface area contributed by atoms with Gasteiger partial charge in [-0.05, 0) is 48.9 Å². The fourth-order valence-corrected chi connectivity index (χ4v) is 2.96. The van der Waals surface area contributed by atoms with E-state index in [0.29, 0.717) is 12.5 Å². The molecule has 0 saturated heterocycles. The van der Waals surface area contributed by atoms with Gasteiger partial charge >= 0.3 is 0 Å². The van der Waals surface area contributed by atoms with E-state index in [9.17, 15) is 4.79 Å². The topological polar surface area (TPSA) is 41.1 Å². The van der Waals surface area contributed by atoms with Crippen molar-refractivity contribution < 1.29 is 4.79 Å². The van der Waals surface area contributed by atoms with Gasteiger partial charge in [0.25, 0.3) is 0 Å². The lowest BCUT2D eigenvalue weighted by Crippen LogP contribution is -2.24. The number of carbonyl (C=O) groups excluding carboxylic acids is 1. The summed E-state index contributed by atoms with van der Waals surface area (Å²) < 4.78 is 0. The molecule has 1 aromatic carbocycles. The standard InChI is InChI=1S/C17H24N2O/c1-2-9-18-16(10-12-3-4-12)14-5-7-15-13(11-14)6-8-17(20)19-15/h5,7,11-12,16,18H,2-4,6,8-10H2,1H3,(H,19,20). The fourth-order valence-electron chi connectivity index (χ4n) is 2.96. The summed E-state index contributed by atoms with van der Waals surface area (Å²) in [4.78, 5) is 11.4. The predicted octanol–water partition coefficient (Wildman–Crippen LogP) is 3.41. The molecule has 1 saturated carbocycles. The lowest BCUT2D eigenvalue weighted by Gasteiger charge is -2.23. The molecule has 1 amide bonds. The van der Waals surface area contributed by atoms with E-state index in [4.69, 9.17) is 0 Å². The molecule has 0 bridgehead atoms. The minimum Gasteiger partial charge on any atom is -0.326 e. The van der Waals surface area contributed by atoms with Crippen molar-refractivity contribution in [3.05, 3.63) is 29.3 Å². The zero-order valence-electron chi connectivity index (χ0n) is 12.2. The number of amides is 1. The Bertz CT molecular complexity index is 494. The summed E-state index contributed by atoms with van der Waals surface area (Å²) in [6, 6.07) is 7.03. The Balaban J connectivity index is 1.77. The second-order valence-electron chi connectivity index (χ2n) is 6.15. The van der Waals surface area contributed by atoms with E-state index >= 15 is 0 Å². The van der Waals surface area contributed by atoms with Crippen LogP contribution in [0.5, 0.6) is 0 Å². The molecule has 1 aliphatic heterocycles. The lowest BCUT2D eigenvalue weighted by atomic mass is 9.95. The number of aryl methyl sites for hydroxylation is 1. The van der Waals surface area contributed by atoms with Gasteiger partial charge in [0.05, 0.1) is 0 Å². The highest BCUT2D eigenvalue weighted by atomic mass is 16.1. The Kier molecular flexibility index (Phi) is 4.06. The molecule has 0 spiro atoms. The molecule has 108 valence electrons. The third kappa shape index (κ3) is 3.21. The van der Waals surface area contributed by atoms with E-state index in [1.54, 1.807) is 0 Å². The van der Waals surface area contributed by atoms with Crippen LogP contribution < -0.4 is 10.6 Å². The third-order valence-corrected chi connectivity index (χ3v) is 4.33. The van der Waals surface area contributed by atoms with Gasteiger partial charge in [-0.1, -0.05) is 31.9 Å². The first-order valence-electron chi connectivity index (χ1n) is 7.92. The molecule has 1 unspecified atom stereocenters. The molecular weight excluding hydrogens is 248 g/mol. The molecule has 1 heterocycles. The Morgan fingerprint density at radius 3 is 2.95 bits per heavy atom. The van der Waals surface area contributed by atoms with Crippen molar-refractivity contribution in [2.24, 2.45) is 5.92 Å². The van der Waals surface area contributed by atoms with Crippen LogP contribution in [-0.4, -0.2) is 12.5 Å². The number of rotatable bonds is 6. The van der Waals surface area contributed by atoms with Crippen LogP contribution in [0, 0.1) is 5.92 Å². The van der Waals surface area contributed by atoms with E-state index in [-0.39, 0.29) is 5.91 Å². The van der Waals surface area contributed by atoms with E-state index in [1.165, 1.54) is 36.8 Å². The Labute approximate surface area is 121 Å². The number of benzene rings is 1. The number of anilines is 1. The SMILES string of the molecule is CCCNC(CC1CC1)c1ccc2c(c1)CCC(=O)N2. The van der Waals surface area contributed by atoms with Crippen LogP contribution in [-0.2, 0) is 11.2 Å². The first kappa shape index (κ1) is 13.6. The number of nitrogens with one attached hydrogen (secondary N) is 2. The average Bonchev–Trinajstić information content (AvgIpc) is 3.27. The molecule has 20 heavy (non-hydrogen) atoms. The average molecular weight is 272 g/mol. The van der Waals surface area contributed by atoms with E-state index in [0.717, 1.165) is 24.6 Å². The maximum atomic E-state index is 11.4. The van der Waals surface area contributed by atoms with Gasteiger partial charge in [-0.15, -0.1) is 0 Å². The van der Waals surface area contributed by atoms with Crippen LogP contribution in [0.3, 0.4) is 0 Å². The maximum absolute atomic E-state index is 11.4. The molecule has 3 nitrogen and oxygen atoms in total. The van der Waals surface area contributed by atoms with Crippen molar-refractivity contribution in [3.8, 4) is 0 Å². The van der Waals surface area contributed by atoms with Crippen molar-refractivity contribution in [1.29, 1.82) is 0 Å². The summed E-state index contributed by atoms with van der Waals surface area (Å²) in [5.41, 5.74) is 3.69. The highest BCUT2D eigenvalue weighted by molar-refractivity contribution is 5.93. The van der Waals surface area contributed by atoms with Crippen LogP contribution >= 0.6 is 0 Å². The molecule has 3 heteroatoms. The lowest BCUT2D eigenvalue weighted by molar-refractivity contribution is -0.116. The summed E-state index contributed by atoms with van der Waals surface area (Å²) in [5, 5.41) is 6.65. The zero-order chi connectivity index (χ0) is 13.9. The minimum atomic E-state index is 0.142. The molecule has 2 N–H and O–H groups in total. The highest BCUT2D eigenvalue weighted by Crippen LogP contribution is 2.38. The van der Waals surface area contributed by atoms with Crippen LogP contribution in [0.4, 0.5) is 5.69 Å². The van der Waals surface area contributed by atoms with Gasteiger partial charge in [0.1, 0.15) is 0 Å². The van der Waals surface area contributed by atoms with Crippen LogP contribution in [0.25, 0.3) is 0 Å². The van der Waals surface area contributed by atoms with Crippen LogP contribution in [0.1, 0.15) is 56.2 Å². The first-order chi connectivity index (χ1) is 9.76. The maximum Gasteiger partial charge on any atom is 0.224 e. The zero-order valence-corrected chi connectivity index (χ0v) is 12.2. The first-order valence-corrected chi connectivity index (χ1v) is 7.92. The van der Waals surface area contributed by atoms with Crippen LogP contribution in [0.15, 0.2) is 18.2 Å². The van der Waals surface area contributed by atoms with Gasteiger partial charge in [-0.2, -0.15) is 0 Å². The van der Waals surface area contributed by atoms with Gasteiger partial charge in [0.2, 0.25) is 5.91 Å². The quantitative estimate of drug-likeness (QED) is 0.833. The van der Waals surface area contributed by atoms with E-state index in [2.05, 4.69) is 35.8 Å². The largest absolute Gasteiger partial charge is 0.326 e. The summed E-state index contributed by atoms with van der Waals surface area (Å²) in [6.07, 6.45) is 6.70. The van der Waals surface area contributed by atoms with Crippen molar-refractivity contribution in [1.82, 2.24) is 5.32 Å². The second-order valence-corrected chi connectivity index (χ2v) is 6.15. The van der Waals surface area contributed by atoms with Gasteiger partial charge in [0, 0.05) is 18.2 Å². The molecule has 0 aromatic heterocycles. The van der Waals surface area contributed by atoms with E-state index < -0.39 is 0 Å². The third-order valence-electron chi connectivity index (χ3n) is 4.33. The molecule has 1 fully saturated rings. The Hall–Kier alpha value is -1.35. The second kappa shape index (κ2) is 5.96. The van der Waals surface area contributed by atoms with Gasteiger partial charge in [-0.25, -0.2) is 0 Å². The smallest absolute Gasteiger partial charge is 0.224 e. The van der Waals surface area contributed by atoms with Gasteiger partial charge < -0.3 is 10.6 Å². The number of fused-ring (bicyclic) bond motifs is 1. The predicted molar refractivity (Wildman–Crippen MR) is 81.8 cm³/mol. The fraction of sp³-hybridized carbons (Fsp3) is 0.588. The van der Waals surface area contributed by atoms with Crippen molar-refractivity contribution >= 4 is 11.6 Å². The van der Waals surface area contributed by atoms with Crippen molar-refractivity contribution in [2.75, 3.05) is 11.9 Å². The van der Waals surface area contributed by atoms with Gasteiger partial charge in [-0.3, -0.25) is 4.79 Å². The molecule has 2 aliphatic rings. The minimum absolute atomic E-state index is 0.142. The highest BCUT2D eigenvalue weighted by Gasteiger charge is 2.26. The summed E-state index contributed by atoms with van der Waals surface area (Å²) in [6.45, 7) is 3.29. The Morgan fingerprint density at radius 2 is 2.20 bits per heavy atom. The Morgan fingerprint density at radius 1 is 1.35 bits per heavy atom. The molecule has 1 aromatic rings. The van der Waals surface area contributed by atoms with Crippen molar-refractivity contribution in [2.45, 2.75) is 51.5 Å². The summed E-state index contributed by atoms with van der Waals surface area (Å²) >= 11 is 0. The molecule has 3 rings (SSSR count).